The fraction of sp³-hybridized carbons (Fsp3) is 0.643. The van der Waals surface area contributed by atoms with Crippen LogP contribution in [-0.4, -0.2) is 36.9 Å². The predicted octanol–water partition coefficient (Wildman–Crippen LogP) is 2.87. The second kappa shape index (κ2) is 5.32. The largest absolute Gasteiger partial charge is 0.340 e. The molecule has 0 aliphatic carbocycles. The Kier molecular flexibility index (Phi) is 4.14. The molecule has 2 rings (SSSR count). The van der Waals surface area contributed by atoms with Crippen LogP contribution in [0.2, 0.25) is 0 Å². The molecule has 0 unspecified atom stereocenters. The fourth-order valence-corrected chi connectivity index (χ4v) is 3.38. The molecule has 0 bridgehead atoms. The summed E-state index contributed by atoms with van der Waals surface area (Å²) >= 11 is 0. The Hall–Kier alpha value is -1.01. The van der Waals surface area contributed by atoms with E-state index in [1.54, 1.807) is 9.47 Å². The Balaban J connectivity index is 2.39. The van der Waals surface area contributed by atoms with Gasteiger partial charge in [0.05, 0.1) is 0 Å². The molecule has 1 aromatic rings. The van der Waals surface area contributed by atoms with Crippen molar-refractivity contribution in [3.63, 3.8) is 0 Å². The number of hydrogen-bond donors (Lipinski definition) is 0. The summed E-state index contributed by atoms with van der Waals surface area (Å²) in [7, 11) is 1.55. The molecule has 1 saturated heterocycles. The average molecular weight is 333 g/mol. The minimum Gasteiger partial charge on any atom is -0.340 e. The molecule has 0 spiro atoms. The van der Waals surface area contributed by atoms with Crippen LogP contribution in [0.15, 0.2) is 17.2 Å². The van der Waals surface area contributed by atoms with Crippen molar-refractivity contribution in [3.05, 3.63) is 18.0 Å². The van der Waals surface area contributed by atoms with Crippen molar-refractivity contribution in [2.45, 2.75) is 45.1 Å². The zero-order valence-electron chi connectivity index (χ0n) is 12.8. The molecular weight excluding hydrogens is 312 g/mol. The fourth-order valence-electron chi connectivity index (χ4n) is 2.63. The van der Waals surface area contributed by atoms with Crippen molar-refractivity contribution < 1.29 is 13.2 Å². The van der Waals surface area contributed by atoms with E-state index in [0.717, 1.165) is 6.42 Å². The van der Waals surface area contributed by atoms with Crippen molar-refractivity contribution in [2.24, 2.45) is 5.41 Å². The first-order chi connectivity index (χ1) is 9.51. The monoisotopic (exact) mass is 332 g/mol. The highest BCUT2D eigenvalue weighted by Gasteiger charge is 2.34. The van der Waals surface area contributed by atoms with Crippen molar-refractivity contribution in [1.82, 2.24) is 9.47 Å². The zero-order valence-corrected chi connectivity index (χ0v) is 14.3. The molecule has 1 aliphatic heterocycles. The number of aromatic nitrogens is 1. The number of nitrogens with zero attached hydrogens (tertiary/aromatic N) is 2. The van der Waals surface area contributed by atoms with Crippen LogP contribution >= 0.6 is 10.7 Å². The van der Waals surface area contributed by atoms with E-state index in [0.29, 0.717) is 18.8 Å². The van der Waals surface area contributed by atoms with Crippen molar-refractivity contribution >= 4 is 25.6 Å². The second-order valence-electron chi connectivity index (χ2n) is 6.64. The summed E-state index contributed by atoms with van der Waals surface area (Å²) in [5.41, 5.74) is 0.480. The Morgan fingerprint density at radius 2 is 2.00 bits per heavy atom. The van der Waals surface area contributed by atoms with E-state index < -0.39 is 9.05 Å². The summed E-state index contributed by atoms with van der Waals surface area (Å²) in [6.07, 6.45) is 2.38. The Morgan fingerprint density at radius 1 is 1.38 bits per heavy atom. The summed E-state index contributed by atoms with van der Waals surface area (Å²) in [4.78, 5) is 14.4. The van der Waals surface area contributed by atoms with E-state index in [2.05, 4.69) is 13.8 Å². The van der Waals surface area contributed by atoms with Gasteiger partial charge in [-0.15, -0.1) is 0 Å². The Bertz CT molecular complexity index is 662. The molecule has 1 amide bonds. The van der Waals surface area contributed by atoms with Gasteiger partial charge in [0.15, 0.2) is 0 Å². The van der Waals surface area contributed by atoms with E-state index in [9.17, 15) is 13.2 Å². The van der Waals surface area contributed by atoms with Crippen LogP contribution in [0.1, 0.15) is 50.6 Å². The number of amides is 1. The summed E-state index contributed by atoms with van der Waals surface area (Å²) in [5, 5.41) is 0. The minimum atomic E-state index is -3.84. The number of halogens is 1. The maximum absolute atomic E-state index is 12.7. The zero-order chi connectivity index (χ0) is 16.0. The molecule has 1 fully saturated rings. The van der Waals surface area contributed by atoms with Crippen LogP contribution in [0.4, 0.5) is 0 Å². The van der Waals surface area contributed by atoms with Crippen molar-refractivity contribution in [3.8, 4) is 0 Å². The van der Waals surface area contributed by atoms with Gasteiger partial charge in [0, 0.05) is 36.0 Å². The Labute approximate surface area is 130 Å². The van der Waals surface area contributed by atoms with Gasteiger partial charge in [0.25, 0.3) is 15.0 Å². The second-order valence-corrected chi connectivity index (χ2v) is 9.21. The number of hydrogen-bond acceptors (Lipinski definition) is 3. The molecule has 0 saturated carbocycles. The number of rotatable bonds is 3. The van der Waals surface area contributed by atoms with Crippen LogP contribution in [0.25, 0.3) is 0 Å². The highest BCUT2D eigenvalue weighted by atomic mass is 35.7. The first-order valence-electron chi connectivity index (χ1n) is 6.97. The number of carbonyl (C=O) groups is 1. The average Bonchev–Trinajstić information content (AvgIpc) is 2.90. The predicted molar refractivity (Wildman–Crippen MR) is 82.2 cm³/mol. The van der Waals surface area contributed by atoms with Gasteiger partial charge >= 0.3 is 0 Å². The van der Waals surface area contributed by atoms with Gasteiger partial charge in [-0.1, -0.05) is 13.8 Å². The SMILES string of the molecule is CC(C)n1cc(S(=O)(=O)Cl)cc1C(=O)N1CCC(C)(C)C1. The third-order valence-corrected chi connectivity index (χ3v) is 5.17. The molecular formula is C14H21ClN2O3S. The highest BCUT2D eigenvalue weighted by Crippen LogP contribution is 2.31. The van der Waals surface area contributed by atoms with Crippen LogP contribution in [0, 0.1) is 5.41 Å². The maximum atomic E-state index is 12.7. The van der Waals surface area contributed by atoms with Gasteiger partial charge in [0.2, 0.25) is 0 Å². The van der Waals surface area contributed by atoms with Crippen LogP contribution in [0.3, 0.4) is 0 Å². The van der Waals surface area contributed by atoms with Crippen molar-refractivity contribution in [1.29, 1.82) is 0 Å². The van der Waals surface area contributed by atoms with Gasteiger partial charge in [-0.25, -0.2) is 8.42 Å². The Morgan fingerprint density at radius 3 is 2.43 bits per heavy atom. The van der Waals surface area contributed by atoms with Crippen LogP contribution in [0.5, 0.6) is 0 Å². The lowest BCUT2D eigenvalue weighted by Crippen LogP contribution is -2.32. The van der Waals surface area contributed by atoms with Crippen molar-refractivity contribution in [2.75, 3.05) is 13.1 Å². The third-order valence-electron chi connectivity index (χ3n) is 3.85. The summed E-state index contributed by atoms with van der Waals surface area (Å²) < 4.78 is 24.7. The first kappa shape index (κ1) is 16.4. The molecule has 0 radical (unpaired) electrons. The molecule has 5 nitrogen and oxygen atoms in total. The van der Waals surface area contributed by atoms with E-state index >= 15 is 0 Å². The molecule has 21 heavy (non-hydrogen) atoms. The first-order valence-corrected chi connectivity index (χ1v) is 9.28. The van der Waals surface area contributed by atoms with Gasteiger partial charge in [-0.05, 0) is 31.7 Å². The molecule has 2 heterocycles. The summed E-state index contributed by atoms with van der Waals surface area (Å²) in [5.74, 6) is -0.138. The van der Waals surface area contributed by atoms with Gasteiger partial charge in [-0.3, -0.25) is 4.79 Å². The van der Waals surface area contributed by atoms with Gasteiger partial charge in [-0.2, -0.15) is 0 Å². The lowest BCUT2D eigenvalue weighted by Gasteiger charge is -2.21. The van der Waals surface area contributed by atoms with Crippen LogP contribution < -0.4 is 0 Å². The van der Waals surface area contributed by atoms with E-state index in [1.165, 1.54) is 12.3 Å². The van der Waals surface area contributed by atoms with E-state index in [4.69, 9.17) is 10.7 Å². The maximum Gasteiger partial charge on any atom is 0.270 e. The third kappa shape index (κ3) is 3.43. The van der Waals surface area contributed by atoms with Gasteiger partial charge < -0.3 is 9.47 Å². The smallest absolute Gasteiger partial charge is 0.270 e. The molecule has 0 atom stereocenters. The molecule has 0 N–H and O–H groups in total. The van der Waals surface area contributed by atoms with E-state index in [1.807, 2.05) is 13.8 Å². The molecule has 1 aromatic heterocycles. The van der Waals surface area contributed by atoms with E-state index in [-0.39, 0.29) is 22.3 Å². The van der Waals surface area contributed by atoms with Gasteiger partial charge in [0.1, 0.15) is 10.6 Å². The molecule has 7 heteroatoms. The molecule has 0 aromatic carbocycles. The molecule has 1 aliphatic rings. The number of likely N-dealkylation sites (tertiary alicyclic amines) is 1. The van der Waals surface area contributed by atoms with Crippen LogP contribution in [-0.2, 0) is 9.05 Å². The topological polar surface area (TPSA) is 59.4 Å². The molecule has 118 valence electrons. The minimum absolute atomic E-state index is 0.0215. The number of carbonyl (C=O) groups excluding carboxylic acids is 1. The standard InChI is InChI=1S/C14H21ClN2O3S/c1-10(2)17-8-11(21(15,19)20)7-12(17)13(18)16-6-5-14(3,4)9-16/h7-8,10H,5-6,9H2,1-4H3. The lowest BCUT2D eigenvalue weighted by atomic mass is 9.93. The lowest BCUT2D eigenvalue weighted by molar-refractivity contribution is 0.0766. The summed E-state index contributed by atoms with van der Waals surface area (Å²) in [6.45, 7) is 9.41. The quantitative estimate of drug-likeness (QED) is 0.800. The highest BCUT2D eigenvalue weighted by molar-refractivity contribution is 8.13. The normalized spacial score (nSPS) is 18.5. The summed E-state index contributed by atoms with van der Waals surface area (Å²) in [6, 6.07) is 1.35.